The van der Waals surface area contributed by atoms with Crippen molar-refractivity contribution < 1.29 is 18.0 Å². The molecule has 1 N–H and O–H groups in total. The third-order valence-corrected chi connectivity index (χ3v) is 6.59. The van der Waals surface area contributed by atoms with Gasteiger partial charge < -0.3 is 10.2 Å². The quantitative estimate of drug-likeness (QED) is 0.589. The van der Waals surface area contributed by atoms with Crippen LogP contribution in [-0.4, -0.2) is 51.0 Å². The van der Waals surface area contributed by atoms with Crippen molar-refractivity contribution in [2.24, 2.45) is 0 Å². The summed E-state index contributed by atoms with van der Waals surface area (Å²) in [4.78, 5) is 27.2. The average molecular weight is 486 g/mol. The Morgan fingerprint density at radius 2 is 1.61 bits per heavy atom. The van der Waals surface area contributed by atoms with E-state index in [1.54, 1.807) is 55.5 Å². The van der Waals surface area contributed by atoms with Crippen molar-refractivity contribution in [3.05, 3.63) is 64.1 Å². The Hall–Kier alpha value is -2.29. The van der Waals surface area contributed by atoms with Gasteiger partial charge in [0.05, 0.1) is 11.9 Å². The number of carbonyl (C=O) groups is 2. The Labute approximate surface area is 193 Å². The summed E-state index contributed by atoms with van der Waals surface area (Å²) in [5.41, 5.74) is 0.828. The zero-order valence-electron chi connectivity index (χ0n) is 17.5. The first-order valence-corrected chi connectivity index (χ1v) is 12.2. The number of para-hydroxylation sites is 1. The molecule has 2 amide bonds. The van der Waals surface area contributed by atoms with E-state index in [0.29, 0.717) is 27.7 Å². The van der Waals surface area contributed by atoms with Crippen molar-refractivity contribution in [3.8, 4) is 0 Å². The molecule has 0 fully saturated rings. The van der Waals surface area contributed by atoms with E-state index in [2.05, 4.69) is 5.32 Å². The van der Waals surface area contributed by atoms with Crippen molar-refractivity contribution in [2.45, 2.75) is 25.9 Å². The van der Waals surface area contributed by atoms with E-state index >= 15 is 0 Å². The van der Waals surface area contributed by atoms with Crippen LogP contribution in [-0.2, 0) is 26.2 Å². The Balaban J connectivity index is 2.46. The molecule has 0 saturated carbocycles. The highest BCUT2D eigenvalue weighted by Gasteiger charge is 2.32. The number of benzene rings is 2. The van der Waals surface area contributed by atoms with Gasteiger partial charge in [-0.05, 0) is 30.7 Å². The predicted octanol–water partition coefficient (Wildman–Crippen LogP) is 3.31. The van der Waals surface area contributed by atoms with Gasteiger partial charge >= 0.3 is 0 Å². The van der Waals surface area contributed by atoms with Crippen LogP contribution in [0.15, 0.2) is 48.5 Å². The number of hydrogen-bond acceptors (Lipinski definition) is 4. The number of hydrogen-bond donors (Lipinski definition) is 1. The van der Waals surface area contributed by atoms with Crippen molar-refractivity contribution in [2.75, 3.05) is 24.2 Å². The molecule has 0 unspecified atom stereocenters. The molecule has 168 valence electrons. The minimum absolute atomic E-state index is 0.0460. The standard InChI is InChI=1S/C21H25Cl2N3O4S/c1-4-19(21(28)24-2)25(13-16-17(22)11-8-12-18(16)23)20(27)14-26(31(3,29)30)15-9-6-5-7-10-15/h5-12,19H,4,13-14H2,1-3H3,(H,24,28)/t19-/m0/s1. The zero-order valence-corrected chi connectivity index (χ0v) is 19.8. The zero-order chi connectivity index (χ0) is 23.2. The summed E-state index contributed by atoms with van der Waals surface area (Å²) in [6.07, 6.45) is 1.34. The maximum Gasteiger partial charge on any atom is 0.244 e. The van der Waals surface area contributed by atoms with Crippen LogP contribution in [0.5, 0.6) is 0 Å². The maximum atomic E-state index is 13.4. The Morgan fingerprint density at radius 3 is 2.10 bits per heavy atom. The minimum atomic E-state index is -3.76. The van der Waals surface area contributed by atoms with Crippen molar-refractivity contribution >= 4 is 50.7 Å². The molecule has 10 heteroatoms. The van der Waals surface area contributed by atoms with Crippen LogP contribution < -0.4 is 9.62 Å². The molecule has 0 radical (unpaired) electrons. The van der Waals surface area contributed by atoms with Crippen LogP contribution in [0.3, 0.4) is 0 Å². The van der Waals surface area contributed by atoms with Crippen molar-refractivity contribution in [1.82, 2.24) is 10.2 Å². The van der Waals surface area contributed by atoms with E-state index in [1.807, 2.05) is 0 Å². The molecule has 2 aromatic carbocycles. The molecule has 7 nitrogen and oxygen atoms in total. The van der Waals surface area contributed by atoms with Crippen LogP contribution in [0.1, 0.15) is 18.9 Å². The van der Waals surface area contributed by atoms with Crippen LogP contribution in [0.2, 0.25) is 10.0 Å². The molecular formula is C21H25Cl2N3O4S. The minimum Gasteiger partial charge on any atom is -0.357 e. The molecule has 0 aliphatic heterocycles. The highest BCUT2D eigenvalue weighted by Crippen LogP contribution is 2.27. The number of amides is 2. The van der Waals surface area contributed by atoms with E-state index < -0.39 is 28.5 Å². The molecule has 2 aromatic rings. The molecule has 2 rings (SSSR count). The first-order valence-electron chi connectivity index (χ1n) is 9.56. The third-order valence-electron chi connectivity index (χ3n) is 4.75. The summed E-state index contributed by atoms with van der Waals surface area (Å²) in [6.45, 7) is 1.24. The second-order valence-corrected chi connectivity index (χ2v) is 9.59. The van der Waals surface area contributed by atoms with Gasteiger partial charge in [0.15, 0.2) is 0 Å². The molecule has 1 atom stereocenters. The Bertz CT molecular complexity index is 1010. The summed E-state index contributed by atoms with van der Waals surface area (Å²) in [5.74, 6) is -0.926. The Kier molecular flexibility index (Phi) is 8.73. The molecule has 0 aliphatic rings. The molecule has 0 heterocycles. The van der Waals surface area contributed by atoms with Crippen molar-refractivity contribution in [1.29, 1.82) is 0 Å². The highest BCUT2D eigenvalue weighted by atomic mass is 35.5. The smallest absolute Gasteiger partial charge is 0.244 e. The number of nitrogens with one attached hydrogen (secondary N) is 1. The lowest BCUT2D eigenvalue weighted by atomic mass is 10.1. The van der Waals surface area contributed by atoms with Crippen LogP contribution >= 0.6 is 23.2 Å². The highest BCUT2D eigenvalue weighted by molar-refractivity contribution is 7.92. The van der Waals surface area contributed by atoms with Crippen molar-refractivity contribution in [3.63, 3.8) is 0 Å². The van der Waals surface area contributed by atoms with E-state index in [4.69, 9.17) is 23.2 Å². The first-order chi connectivity index (χ1) is 14.6. The summed E-state index contributed by atoms with van der Waals surface area (Å²) in [5, 5.41) is 3.25. The normalized spacial score (nSPS) is 12.2. The number of carbonyl (C=O) groups excluding carboxylic acids is 2. The molecule has 0 saturated heterocycles. The summed E-state index contributed by atoms with van der Waals surface area (Å²) < 4.78 is 25.8. The van der Waals surface area contributed by atoms with Gasteiger partial charge in [-0.15, -0.1) is 0 Å². The van der Waals surface area contributed by atoms with Gasteiger partial charge in [-0.2, -0.15) is 0 Å². The summed E-state index contributed by atoms with van der Waals surface area (Å²) in [6, 6.07) is 12.4. The second kappa shape index (κ2) is 10.8. The molecular weight excluding hydrogens is 461 g/mol. The van der Waals surface area contributed by atoms with E-state index in [-0.39, 0.29) is 12.5 Å². The largest absolute Gasteiger partial charge is 0.357 e. The SMILES string of the molecule is CC[C@@H](C(=O)NC)N(Cc1c(Cl)cccc1Cl)C(=O)CN(c1ccccc1)S(C)(=O)=O. The monoisotopic (exact) mass is 485 g/mol. The average Bonchev–Trinajstić information content (AvgIpc) is 2.73. The van der Waals surface area contributed by atoms with E-state index in [9.17, 15) is 18.0 Å². The lowest BCUT2D eigenvalue weighted by Crippen LogP contribution is -2.51. The van der Waals surface area contributed by atoms with Gasteiger partial charge in [-0.1, -0.05) is 54.4 Å². The molecule has 0 bridgehead atoms. The number of sulfonamides is 1. The third kappa shape index (κ3) is 6.35. The van der Waals surface area contributed by atoms with Gasteiger partial charge in [-0.25, -0.2) is 8.42 Å². The Morgan fingerprint density at radius 1 is 1.03 bits per heavy atom. The molecule has 0 aromatic heterocycles. The lowest BCUT2D eigenvalue weighted by molar-refractivity contribution is -0.140. The van der Waals surface area contributed by atoms with E-state index in [0.717, 1.165) is 10.6 Å². The number of likely N-dealkylation sites (N-methyl/N-ethyl adjacent to an activating group) is 1. The first kappa shape index (κ1) is 25.0. The second-order valence-electron chi connectivity index (χ2n) is 6.87. The van der Waals surface area contributed by atoms with Gasteiger partial charge in [-0.3, -0.25) is 13.9 Å². The molecule has 0 spiro atoms. The van der Waals surface area contributed by atoms with Crippen LogP contribution in [0, 0.1) is 0 Å². The maximum absolute atomic E-state index is 13.4. The summed E-state index contributed by atoms with van der Waals surface area (Å²) >= 11 is 12.6. The number of rotatable bonds is 9. The molecule has 31 heavy (non-hydrogen) atoms. The molecule has 0 aliphatic carbocycles. The number of anilines is 1. The fourth-order valence-electron chi connectivity index (χ4n) is 3.15. The predicted molar refractivity (Wildman–Crippen MR) is 124 cm³/mol. The van der Waals surface area contributed by atoms with Crippen LogP contribution in [0.4, 0.5) is 5.69 Å². The van der Waals surface area contributed by atoms with Gasteiger partial charge in [0.1, 0.15) is 12.6 Å². The van der Waals surface area contributed by atoms with Crippen LogP contribution in [0.25, 0.3) is 0 Å². The number of halogens is 2. The van der Waals surface area contributed by atoms with E-state index in [1.165, 1.54) is 11.9 Å². The van der Waals surface area contributed by atoms with Gasteiger partial charge in [0, 0.05) is 29.2 Å². The van der Waals surface area contributed by atoms with Gasteiger partial charge in [0.25, 0.3) is 0 Å². The number of nitrogens with zero attached hydrogens (tertiary/aromatic N) is 2. The van der Waals surface area contributed by atoms with Gasteiger partial charge in [0.2, 0.25) is 21.8 Å². The lowest BCUT2D eigenvalue weighted by Gasteiger charge is -2.33. The fraction of sp³-hybridized carbons (Fsp3) is 0.333. The topological polar surface area (TPSA) is 86.8 Å². The fourth-order valence-corrected chi connectivity index (χ4v) is 4.51. The summed E-state index contributed by atoms with van der Waals surface area (Å²) in [7, 11) is -2.29.